The molecule has 2 aromatic carbocycles. The predicted molar refractivity (Wildman–Crippen MR) is 221 cm³/mol. The number of halogens is 2. The van der Waals surface area contributed by atoms with Crippen molar-refractivity contribution in [2.75, 3.05) is 51.3 Å². The standard InChI is InChI=1S/C42H55Cl2N5O9/c1-41(2,58-28-27-57-26-23-46-35(51)17-25-49-24-6-9-36(49)52)20-16-34(50)45-22-21-42(18-3-4-19-42)40(56)48-33(39(54)55)15-12-29-10-13-30(14-11-29)47-38(53)37-31(43)7-5-8-32(37)44/h5-11,13-14,33H,3-4,12,15-28H2,1-2H3,(H,45,50)(H,46,51)(H,47,53)(H,48,56)(H,54,55). The number of aliphatic carboxylic acids is 1. The van der Waals surface area contributed by atoms with Gasteiger partial charge in [-0.3, -0.25) is 24.0 Å². The maximum atomic E-state index is 13.6. The number of carboxylic acids is 1. The third-order valence-corrected chi connectivity index (χ3v) is 11.1. The molecule has 0 aromatic heterocycles. The number of ether oxygens (including phenoxy) is 2. The minimum atomic E-state index is -1.13. The number of benzene rings is 2. The van der Waals surface area contributed by atoms with Crippen LogP contribution in [-0.4, -0.2) is 103 Å². The molecule has 316 valence electrons. The van der Waals surface area contributed by atoms with E-state index >= 15 is 0 Å². The molecule has 16 heteroatoms. The van der Waals surface area contributed by atoms with E-state index in [2.05, 4.69) is 21.3 Å². The minimum Gasteiger partial charge on any atom is -0.480 e. The van der Waals surface area contributed by atoms with Gasteiger partial charge in [0.05, 0.1) is 46.4 Å². The fraction of sp³-hybridized carbons (Fsp3) is 0.524. The summed E-state index contributed by atoms with van der Waals surface area (Å²) in [5, 5.41) is 21.7. The highest BCUT2D eigenvalue weighted by atomic mass is 35.5. The summed E-state index contributed by atoms with van der Waals surface area (Å²) in [6, 6.07) is 10.7. The van der Waals surface area contributed by atoms with Gasteiger partial charge in [-0.15, -0.1) is 0 Å². The van der Waals surface area contributed by atoms with Crippen molar-refractivity contribution in [1.29, 1.82) is 0 Å². The molecule has 1 atom stereocenters. The van der Waals surface area contributed by atoms with Gasteiger partial charge < -0.3 is 40.7 Å². The first kappa shape index (κ1) is 46.2. The van der Waals surface area contributed by atoms with Gasteiger partial charge in [0.25, 0.3) is 5.91 Å². The van der Waals surface area contributed by atoms with Crippen LogP contribution < -0.4 is 21.3 Å². The molecule has 0 bridgehead atoms. The molecule has 0 radical (unpaired) electrons. The van der Waals surface area contributed by atoms with Crippen molar-refractivity contribution in [3.05, 3.63) is 75.8 Å². The van der Waals surface area contributed by atoms with Gasteiger partial charge in [0.2, 0.25) is 23.6 Å². The Bertz CT molecular complexity index is 1760. The number of amides is 5. The smallest absolute Gasteiger partial charge is 0.326 e. The SMILES string of the molecule is CC(C)(CCC(=O)NCCC1(C(=O)NC(CCc2ccc(NC(=O)c3c(Cl)cccc3Cl)cc2)C(=O)O)CCCC1)OCCOCCNC(=O)CCN1CC=CC1=O. The van der Waals surface area contributed by atoms with E-state index < -0.39 is 28.9 Å². The number of carbonyl (C=O) groups excluding carboxylic acids is 5. The van der Waals surface area contributed by atoms with E-state index in [0.717, 1.165) is 18.4 Å². The zero-order valence-electron chi connectivity index (χ0n) is 33.2. The lowest BCUT2D eigenvalue weighted by Crippen LogP contribution is -2.48. The van der Waals surface area contributed by atoms with Gasteiger partial charge in [0.15, 0.2) is 0 Å². The lowest BCUT2D eigenvalue weighted by atomic mass is 9.81. The summed E-state index contributed by atoms with van der Waals surface area (Å²) in [6.45, 7) is 6.29. The summed E-state index contributed by atoms with van der Waals surface area (Å²) < 4.78 is 11.5. The first-order chi connectivity index (χ1) is 27.7. The van der Waals surface area contributed by atoms with Crippen LogP contribution in [0.15, 0.2) is 54.6 Å². The highest BCUT2D eigenvalue weighted by Gasteiger charge is 2.42. The molecule has 0 spiro atoms. The topological polar surface area (TPSA) is 192 Å². The van der Waals surface area contributed by atoms with E-state index in [4.69, 9.17) is 32.7 Å². The monoisotopic (exact) mass is 843 g/mol. The third-order valence-electron chi connectivity index (χ3n) is 10.4. The quantitative estimate of drug-likeness (QED) is 0.0872. The summed E-state index contributed by atoms with van der Waals surface area (Å²) in [4.78, 5) is 76.5. The fourth-order valence-electron chi connectivity index (χ4n) is 6.95. The molecule has 14 nitrogen and oxygen atoms in total. The minimum absolute atomic E-state index is 0.0777. The van der Waals surface area contributed by atoms with Crippen LogP contribution in [0.2, 0.25) is 10.0 Å². The van der Waals surface area contributed by atoms with E-state index in [0.29, 0.717) is 77.2 Å². The lowest BCUT2D eigenvalue weighted by Gasteiger charge is -2.30. The molecule has 4 rings (SSSR count). The summed E-state index contributed by atoms with van der Waals surface area (Å²) in [7, 11) is 0. The molecular formula is C42H55Cl2N5O9. The van der Waals surface area contributed by atoms with Crippen molar-refractivity contribution in [2.24, 2.45) is 5.41 Å². The molecule has 1 aliphatic heterocycles. The molecule has 1 aliphatic carbocycles. The zero-order chi connectivity index (χ0) is 42.1. The molecule has 0 saturated heterocycles. The van der Waals surface area contributed by atoms with E-state index in [1.165, 1.54) is 6.08 Å². The van der Waals surface area contributed by atoms with Crippen LogP contribution in [0, 0.1) is 5.41 Å². The summed E-state index contributed by atoms with van der Waals surface area (Å²) in [5.74, 6) is -2.28. The van der Waals surface area contributed by atoms with Gasteiger partial charge in [-0.05, 0) is 82.2 Å². The average molecular weight is 845 g/mol. The van der Waals surface area contributed by atoms with Crippen LogP contribution in [0.4, 0.5) is 5.69 Å². The van der Waals surface area contributed by atoms with Crippen molar-refractivity contribution in [2.45, 2.75) is 89.7 Å². The maximum Gasteiger partial charge on any atom is 0.326 e. The first-order valence-corrected chi connectivity index (χ1v) is 20.5. The van der Waals surface area contributed by atoms with Gasteiger partial charge in [-0.1, -0.05) is 60.3 Å². The second-order valence-electron chi connectivity index (χ2n) is 15.2. The van der Waals surface area contributed by atoms with Crippen LogP contribution in [0.3, 0.4) is 0 Å². The molecule has 1 unspecified atom stereocenters. The largest absolute Gasteiger partial charge is 0.480 e. The van der Waals surface area contributed by atoms with Gasteiger partial charge in [-0.2, -0.15) is 0 Å². The Kier molecular flexibility index (Phi) is 18.0. The maximum absolute atomic E-state index is 13.6. The van der Waals surface area contributed by atoms with Crippen LogP contribution in [0.5, 0.6) is 0 Å². The van der Waals surface area contributed by atoms with Gasteiger partial charge in [0.1, 0.15) is 6.04 Å². The van der Waals surface area contributed by atoms with Gasteiger partial charge >= 0.3 is 5.97 Å². The molecule has 1 saturated carbocycles. The van der Waals surface area contributed by atoms with Gasteiger partial charge in [0, 0.05) is 50.8 Å². The number of nitrogens with zero attached hydrogens (tertiary/aromatic N) is 1. The van der Waals surface area contributed by atoms with Crippen LogP contribution in [0.25, 0.3) is 0 Å². The number of nitrogens with one attached hydrogen (secondary N) is 4. The normalized spacial score (nSPS) is 15.2. The Morgan fingerprint density at radius 2 is 1.59 bits per heavy atom. The first-order valence-electron chi connectivity index (χ1n) is 19.8. The highest BCUT2D eigenvalue weighted by molar-refractivity contribution is 6.40. The Morgan fingerprint density at radius 1 is 0.914 bits per heavy atom. The van der Waals surface area contributed by atoms with Crippen LogP contribution in [-0.2, 0) is 39.9 Å². The van der Waals surface area contributed by atoms with E-state index in [-0.39, 0.29) is 65.0 Å². The van der Waals surface area contributed by atoms with Crippen molar-refractivity contribution in [3.8, 4) is 0 Å². The summed E-state index contributed by atoms with van der Waals surface area (Å²) in [6.07, 6.45) is 8.04. The molecule has 2 aromatic rings. The van der Waals surface area contributed by atoms with Gasteiger partial charge in [-0.25, -0.2) is 4.79 Å². The second kappa shape index (κ2) is 22.6. The zero-order valence-corrected chi connectivity index (χ0v) is 34.7. The lowest BCUT2D eigenvalue weighted by molar-refractivity contribution is -0.144. The van der Waals surface area contributed by atoms with Crippen molar-refractivity contribution in [1.82, 2.24) is 20.9 Å². The molecule has 1 heterocycles. The third kappa shape index (κ3) is 14.7. The highest BCUT2D eigenvalue weighted by Crippen LogP contribution is 2.41. The molecule has 58 heavy (non-hydrogen) atoms. The van der Waals surface area contributed by atoms with Crippen LogP contribution in [0.1, 0.15) is 87.6 Å². The summed E-state index contributed by atoms with van der Waals surface area (Å²) in [5.41, 5.74) is 0.168. The fourth-order valence-corrected chi connectivity index (χ4v) is 7.51. The molecule has 5 amide bonds. The van der Waals surface area contributed by atoms with Crippen LogP contribution >= 0.6 is 23.2 Å². The van der Waals surface area contributed by atoms with Crippen molar-refractivity contribution < 1.29 is 43.3 Å². The number of carboxylic acid groups (broad SMARTS) is 1. The number of hydrogen-bond acceptors (Lipinski definition) is 8. The van der Waals surface area contributed by atoms with E-state index in [9.17, 15) is 33.9 Å². The molecule has 5 N–H and O–H groups in total. The van der Waals surface area contributed by atoms with Crippen molar-refractivity contribution >= 4 is 64.4 Å². The number of hydrogen-bond donors (Lipinski definition) is 5. The number of carbonyl (C=O) groups is 6. The average Bonchev–Trinajstić information content (AvgIpc) is 3.84. The van der Waals surface area contributed by atoms with E-state index in [1.807, 2.05) is 13.8 Å². The van der Waals surface area contributed by atoms with E-state index in [1.54, 1.807) is 53.4 Å². The molecule has 2 aliphatic rings. The predicted octanol–water partition coefficient (Wildman–Crippen LogP) is 5.31. The second-order valence-corrected chi connectivity index (χ2v) is 16.1. The van der Waals surface area contributed by atoms with Crippen molar-refractivity contribution in [3.63, 3.8) is 0 Å². The number of rotatable bonds is 24. The molecular weight excluding hydrogens is 789 g/mol. The Labute approximate surface area is 349 Å². The number of anilines is 1. The number of aryl methyl sites for hydroxylation is 1. The Balaban J connectivity index is 1.12. The molecule has 1 fully saturated rings. The summed E-state index contributed by atoms with van der Waals surface area (Å²) >= 11 is 12.3. The Hall–Kier alpha value is -4.50. The Morgan fingerprint density at radius 3 is 2.24 bits per heavy atom.